The summed E-state index contributed by atoms with van der Waals surface area (Å²) < 4.78 is 71.4. The van der Waals surface area contributed by atoms with Gasteiger partial charge in [-0.25, -0.2) is 18.3 Å². The molecule has 8 nitrogen and oxygen atoms in total. The summed E-state index contributed by atoms with van der Waals surface area (Å²) in [4.78, 5) is 0. The molecule has 2 heterocycles. The number of hydrogen-bond acceptors (Lipinski definition) is 4. The third kappa shape index (κ3) is 22.1. The molecule has 0 N–H and O–H groups in total. The lowest BCUT2D eigenvalue weighted by Crippen LogP contribution is -2.23. The highest BCUT2D eigenvalue weighted by Crippen LogP contribution is 1.87. The van der Waals surface area contributed by atoms with Crippen molar-refractivity contribution in [2.45, 2.75) is 33.6 Å². The molecule has 2 rings (SSSR count). The van der Waals surface area contributed by atoms with Crippen LogP contribution in [0.2, 0.25) is 0 Å². The molecular formula is C13H23F3N4O4S. The van der Waals surface area contributed by atoms with Crippen LogP contribution in [0.4, 0.5) is 13.2 Å². The van der Waals surface area contributed by atoms with Gasteiger partial charge in [0.25, 0.3) is 0 Å². The van der Waals surface area contributed by atoms with Crippen molar-refractivity contribution in [3.8, 4) is 0 Å². The molecule has 0 spiro atoms. The summed E-state index contributed by atoms with van der Waals surface area (Å²) in [5.74, 6) is 0. The van der Waals surface area contributed by atoms with Crippen molar-refractivity contribution in [3.63, 3.8) is 0 Å². The van der Waals surface area contributed by atoms with Crippen molar-refractivity contribution in [3.05, 3.63) is 37.4 Å². The molecule has 0 atom stereocenters. The maximum absolute atomic E-state index is 9.67. The zero-order valence-corrected chi connectivity index (χ0v) is 15.2. The number of aryl methyl sites for hydroxylation is 4. The monoisotopic (exact) mass is 388 g/mol. The van der Waals surface area contributed by atoms with Crippen molar-refractivity contribution >= 4 is 10.4 Å². The van der Waals surface area contributed by atoms with Crippen LogP contribution in [0, 0.1) is 0 Å². The van der Waals surface area contributed by atoms with Crippen LogP contribution in [0.1, 0.15) is 13.8 Å². The van der Waals surface area contributed by atoms with E-state index >= 15 is 0 Å². The standard InChI is InChI=1S/2C6H11N2.CHF3.H2O4S/c2*1-3-8-5-4-7(2)6-8;2-1(3)4;1-5(2,3)4/h2*4-6H,3H2,1-2H3;1H;(H2,1,2,3,4)/q2*+1;;/p-2. The highest BCUT2D eigenvalue weighted by atomic mass is 32.3. The number of aromatic nitrogens is 4. The largest absolute Gasteiger partial charge is 0.759 e. The normalized spacial score (nSPS) is 10.0. The lowest BCUT2D eigenvalue weighted by Gasteiger charge is -2.06. The summed E-state index contributed by atoms with van der Waals surface area (Å²) in [5.41, 5.74) is 0. The van der Waals surface area contributed by atoms with E-state index in [-0.39, 0.29) is 0 Å². The first kappa shape index (κ1) is 25.3. The quantitative estimate of drug-likeness (QED) is 0.425. The Bertz CT molecular complexity index is 623. The summed E-state index contributed by atoms with van der Waals surface area (Å²) in [6.07, 6.45) is 12.3. The number of halogens is 3. The molecule has 146 valence electrons. The Balaban J connectivity index is 0. The van der Waals surface area contributed by atoms with E-state index in [1.54, 1.807) is 0 Å². The lowest BCUT2D eigenvalue weighted by molar-refractivity contribution is -0.671. The van der Waals surface area contributed by atoms with Crippen LogP contribution in [0.25, 0.3) is 0 Å². The molecule has 0 saturated carbocycles. The molecule has 0 aliphatic rings. The number of nitrogens with zero attached hydrogens (tertiary/aromatic N) is 4. The average molecular weight is 388 g/mol. The molecule has 0 unspecified atom stereocenters. The molecule has 0 amide bonds. The fourth-order valence-electron chi connectivity index (χ4n) is 1.38. The fraction of sp³-hybridized carbons (Fsp3) is 0.538. The summed E-state index contributed by atoms with van der Waals surface area (Å²) in [6, 6.07) is 0. The van der Waals surface area contributed by atoms with Crippen molar-refractivity contribution in [2.24, 2.45) is 14.1 Å². The first-order valence-corrected chi connectivity index (χ1v) is 8.33. The summed E-state index contributed by atoms with van der Waals surface area (Å²) in [7, 11) is -1.13. The summed E-state index contributed by atoms with van der Waals surface area (Å²) in [5, 5.41) is 0. The molecule has 0 fully saturated rings. The van der Waals surface area contributed by atoms with Gasteiger partial charge in [0.05, 0.1) is 27.2 Å². The topological polar surface area (TPSA) is 97.9 Å². The Kier molecular flexibility index (Phi) is 13.6. The van der Waals surface area contributed by atoms with E-state index in [9.17, 15) is 13.2 Å². The minimum absolute atomic E-state index is 1.06. The minimum Gasteiger partial charge on any atom is -0.759 e. The number of imidazole rings is 2. The number of rotatable bonds is 2. The van der Waals surface area contributed by atoms with Crippen LogP contribution < -0.4 is 9.13 Å². The average Bonchev–Trinajstić information content (AvgIpc) is 3.05. The second-order valence-electron chi connectivity index (χ2n) is 4.47. The summed E-state index contributed by atoms with van der Waals surface area (Å²) >= 11 is 0. The number of hydrogen-bond donors (Lipinski definition) is 0. The van der Waals surface area contributed by atoms with Crippen molar-refractivity contribution in [2.75, 3.05) is 0 Å². The van der Waals surface area contributed by atoms with E-state index in [1.807, 2.05) is 35.6 Å². The van der Waals surface area contributed by atoms with Crippen molar-refractivity contribution in [1.82, 2.24) is 9.13 Å². The van der Waals surface area contributed by atoms with Gasteiger partial charge in [-0.05, 0) is 13.8 Å². The molecule has 0 aromatic carbocycles. The zero-order valence-electron chi connectivity index (χ0n) is 14.4. The van der Waals surface area contributed by atoms with Crippen molar-refractivity contribution < 1.29 is 39.8 Å². The SMILES string of the molecule is CCn1cc[n+](C)c1.CCn1cc[n+](C)c1.FC(F)F.O=S(=O)([O-])[O-]. The molecule has 0 radical (unpaired) electrons. The lowest BCUT2D eigenvalue weighted by atomic mass is 10.7. The minimum atomic E-state index is -5.17. The first-order valence-electron chi connectivity index (χ1n) is 6.99. The van der Waals surface area contributed by atoms with Gasteiger partial charge in [0, 0.05) is 10.4 Å². The van der Waals surface area contributed by atoms with Gasteiger partial charge < -0.3 is 9.11 Å². The zero-order chi connectivity index (χ0) is 20.0. The van der Waals surface area contributed by atoms with Crippen LogP contribution in [0.3, 0.4) is 0 Å². The summed E-state index contributed by atoms with van der Waals surface area (Å²) in [6.45, 7) is 2.70. The second-order valence-corrected chi connectivity index (χ2v) is 5.29. The third-order valence-corrected chi connectivity index (χ3v) is 2.38. The molecule has 0 aliphatic carbocycles. The van der Waals surface area contributed by atoms with Gasteiger partial charge in [-0.15, -0.1) is 0 Å². The van der Waals surface area contributed by atoms with E-state index < -0.39 is 17.1 Å². The first-order chi connectivity index (χ1) is 11.4. The van der Waals surface area contributed by atoms with E-state index in [0.29, 0.717) is 0 Å². The predicted molar refractivity (Wildman–Crippen MR) is 80.2 cm³/mol. The van der Waals surface area contributed by atoms with Crippen LogP contribution in [-0.2, 0) is 37.6 Å². The third-order valence-electron chi connectivity index (χ3n) is 2.38. The van der Waals surface area contributed by atoms with E-state index in [1.165, 1.54) is 0 Å². The maximum atomic E-state index is 9.67. The van der Waals surface area contributed by atoms with Crippen LogP contribution in [0.15, 0.2) is 37.4 Å². The highest BCUT2D eigenvalue weighted by molar-refractivity contribution is 7.79. The van der Waals surface area contributed by atoms with Crippen LogP contribution in [-0.4, -0.2) is 33.3 Å². The molecule has 2 aromatic heterocycles. The Hall–Kier alpha value is -1.92. The van der Waals surface area contributed by atoms with Gasteiger partial charge in [-0.2, -0.15) is 13.2 Å². The molecule has 0 aliphatic heterocycles. The van der Waals surface area contributed by atoms with Gasteiger partial charge in [0.1, 0.15) is 24.8 Å². The maximum Gasteiger partial charge on any atom is 0.379 e. The molecule has 0 saturated heterocycles. The smallest absolute Gasteiger partial charge is 0.379 e. The van der Waals surface area contributed by atoms with E-state index in [2.05, 4.69) is 48.0 Å². The Morgan fingerprint density at radius 1 is 0.920 bits per heavy atom. The van der Waals surface area contributed by atoms with Crippen LogP contribution >= 0.6 is 0 Å². The van der Waals surface area contributed by atoms with E-state index in [0.717, 1.165) is 13.1 Å². The van der Waals surface area contributed by atoms with Gasteiger partial charge in [0.15, 0.2) is 0 Å². The molecule has 2 aromatic rings. The predicted octanol–water partition coefficient (Wildman–Crippen LogP) is 0.506. The molecule has 12 heteroatoms. The van der Waals surface area contributed by atoms with Gasteiger partial charge in [-0.1, -0.05) is 0 Å². The number of alkyl halides is 3. The van der Waals surface area contributed by atoms with Crippen molar-refractivity contribution in [1.29, 1.82) is 0 Å². The van der Waals surface area contributed by atoms with Gasteiger partial charge in [0.2, 0.25) is 12.7 Å². The highest BCUT2D eigenvalue weighted by Gasteiger charge is 1.93. The Labute approximate surface area is 145 Å². The Morgan fingerprint density at radius 2 is 1.16 bits per heavy atom. The van der Waals surface area contributed by atoms with Gasteiger partial charge in [-0.3, -0.25) is 8.42 Å². The molecule has 25 heavy (non-hydrogen) atoms. The van der Waals surface area contributed by atoms with Gasteiger partial charge >= 0.3 is 6.68 Å². The molecular weight excluding hydrogens is 365 g/mol. The van der Waals surface area contributed by atoms with Crippen LogP contribution in [0.5, 0.6) is 0 Å². The second kappa shape index (κ2) is 13.4. The molecule has 0 bridgehead atoms. The fourth-order valence-corrected chi connectivity index (χ4v) is 1.38. The Morgan fingerprint density at radius 3 is 1.24 bits per heavy atom. The van der Waals surface area contributed by atoms with E-state index in [4.69, 9.17) is 17.5 Å².